The van der Waals surface area contributed by atoms with E-state index in [0.717, 1.165) is 134 Å². The molecule has 18 heteroatoms. The van der Waals surface area contributed by atoms with Crippen molar-refractivity contribution in [1.82, 2.24) is 20.1 Å². The fraction of sp³-hybridized carbons (Fsp3) is 0.367. The first-order valence-corrected chi connectivity index (χ1v) is 28.1. The number of aryl methyl sites for hydroxylation is 2. The van der Waals surface area contributed by atoms with Crippen LogP contribution >= 0.6 is 0 Å². The average Bonchev–Trinajstić information content (AvgIpc) is 3.93. The van der Waals surface area contributed by atoms with Crippen LogP contribution < -0.4 is 45.6 Å². The van der Waals surface area contributed by atoms with Gasteiger partial charge in [-0.1, -0.05) is 65.2 Å². The summed E-state index contributed by atoms with van der Waals surface area (Å²) in [6.07, 6.45) is 9.15. The molecule has 6 aromatic rings. The summed E-state index contributed by atoms with van der Waals surface area (Å²) < 4.78 is 15.8. The van der Waals surface area contributed by atoms with E-state index in [0.29, 0.717) is 28.1 Å². The van der Waals surface area contributed by atoms with E-state index >= 15 is 0 Å². The van der Waals surface area contributed by atoms with Crippen LogP contribution in [0.2, 0.25) is 0 Å². The Morgan fingerprint density at radius 1 is 0.859 bits per heavy atom. The van der Waals surface area contributed by atoms with Crippen LogP contribution in [-0.4, -0.2) is 120 Å². The third-order valence-corrected chi connectivity index (χ3v) is 16.4. The van der Waals surface area contributed by atoms with Crippen molar-refractivity contribution < 1.29 is 34.1 Å². The molecule has 78 heavy (non-hydrogen) atoms. The number of hydrogen-bond acceptors (Lipinski definition) is 9. The number of ether oxygens (including phenoxy) is 2. The number of aliphatic hydroxyl groups is 1. The topological polar surface area (TPSA) is 192 Å². The van der Waals surface area contributed by atoms with Gasteiger partial charge in [0.25, 0.3) is 5.91 Å². The zero-order valence-corrected chi connectivity index (χ0v) is 44.8. The highest BCUT2D eigenvalue weighted by atomic mass is 16.5. The molecule has 4 N–H and O–H groups in total. The molecule has 5 aliphatic rings. The Bertz CT molecular complexity index is 3540. The lowest BCUT2D eigenvalue weighted by Crippen LogP contribution is -2.41. The summed E-state index contributed by atoms with van der Waals surface area (Å²) >= 11 is 0. The lowest BCUT2D eigenvalue weighted by atomic mass is 9.17. The van der Waals surface area contributed by atoms with Gasteiger partial charge in [-0.3, -0.25) is 9.59 Å². The van der Waals surface area contributed by atoms with Crippen molar-refractivity contribution in [2.45, 2.75) is 83.3 Å². The quantitative estimate of drug-likeness (QED) is 0.0233. The van der Waals surface area contributed by atoms with Crippen LogP contribution in [-0.2, 0) is 37.0 Å². The summed E-state index contributed by atoms with van der Waals surface area (Å²) in [5, 5.41) is 36.3. The van der Waals surface area contributed by atoms with Gasteiger partial charge in [0.15, 0.2) is 0 Å². The monoisotopic (exact) mass is 1040 g/mol. The van der Waals surface area contributed by atoms with Gasteiger partial charge in [-0.05, 0) is 115 Å². The molecule has 1 atom stereocenters. The highest BCUT2D eigenvalue weighted by Crippen LogP contribution is 2.48. The summed E-state index contributed by atoms with van der Waals surface area (Å²) in [5.41, 5.74) is 20.3. The second-order valence-corrected chi connectivity index (χ2v) is 21.8. The van der Waals surface area contributed by atoms with E-state index in [9.17, 15) is 30.1 Å². The number of fused-ring (bicyclic) bond motifs is 5. The molecule has 0 fully saturated rings. The SMILES string of the molecule is BB(B)c1ccc(CN(CCNC(=O)c2ccc(C(=O)O)c(C3=c4cc5c6c(c4Oc4c3cc3c7c4CCCN7CCCC3)CCC[N+]=6CCCC5)c2)C(=O)CCNC[C@H](O)COc2cccc3ccccc23)c(N=[N+]=[N-])c1. The number of carbonyl (C=O) groups is 3. The molecule has 0 radical (unpaired) electrons. The smallest absolute Gasteiger partial charge is 0.336 e. The van der Waals surface area contributed by atoms with Crippen LogP contribution in [0.3, 0.4) is 0 Å². The third kappa shape index (κ3) is 10.7. The number of nitrogens with zero attached hydrogens (tertiary/aromatic N) is 6. The Hall–Kier alpha value is -7.52. The third-order valence-electron chi connectivity index (χ3n) is 16.4. The van der Waals surface area contributed by atoms with Gasteiger partial charge in [-0.15, -0.1) is 0 Å². The number of benzene rings is 6. The van der Waals surface area contributed by atoms with E-state index in [1.54, 1.807) is 23.1 Å². The first kappa shape index (κ1) is 52.5. The lowest BCUT2D eigenvalue weighted by molar-refractivity contribution is -0.131. The number of hydrogen-bond donors (Lipinski definition) is 4. The number of rotatable bonds is 18. The van der Waals surface area contributed by atoms with E-state index in [-0.39, 0.29) is 63.7 Å². The van der Waals surface area contributed by atoms with Crippen molar-refractivity contribution >= 4 is 72.9 Å². The molecular weight excluding hydrogens is 977 g/mol. The molecule has 11 rings (SSSR count). The number of carbonyl (C=O) groups excluding carboxylic acids is 2. The predicted octanol–water partition coefficient (Wildman–Crippen LogP) is 4.83. The molecule has 396 valence electrons. The van der Waals surface area contributed by atoms with E-state index in [1.807, 2.05) is 60.7 Å². The number of amides is 2. The molecule has 0 bridgehead atoms. The minimum Gasteiger partial charge on any atom is -0.490 e. The Kier molecular flexibility index (Phi) is 15.6. The molecule has 0 unspecified atom stereocenters. The molecule has 5 aliphatic heterocycles. The molecule has 6 aromatic carbocycles. The number of aliphatic hydroxyl groups excluding tert-OH is 1. The molecule has 15 nitrogen and oxygen atoms in total. The largest absolute Gasteiger partial charge is 0.490 e. The fourth-order valence-electron chi connectivity index (χ4n) is 12.5. The summed E-state index contributed by atoms with van der Waals surface area (Å²) in [6, 6.07) is 28.8. The second kappa shape index (κ2) is 23.2. The Balaban J connectivity index is 0.876. The van der Waals surface area contributed by atoms with Crippen molar-refractivity contribution in [2.24, 2.45) is 5.11 Å². The van der Waals surface area contributed by atoms with Crippen molar-refractivity contribution in [3.05, 3.63) is 162 Å². The molecule has 2 amide bonds. The first-order valence-electron chi connectivity index (χ1n) is 28.1. The molecule has 0 aliphatic carbocycles. The molecule has 0 saturated carbocycles. The number of anilines is 1. The maximum absolute atomic E-state index is 14.5. The average molecular weight is 1040 g/mol. The Morgan fingerprint density at radius 2 is 1.67 bits per heavy atom. The van der Waals surface area contributed by atoms with Crippen molar-refractivity contribution in [3.8, 4) is 17.2 Å². The molecule has 0 spiro atoms. The van der Waals surface area contributed by atoms with Gasteiger partial charge in [0.2, 0.25) is 11.3 Å². The predicted molar refractivity (Wildman–Crippen MR) is 311 cm³/mol. The number of carboxylic acid groups (broad SMARTS) is 1. The Morgan fingerprint density at radius 3 is 2.53 bits per heavy atom. The van der Waals surface area contributed by atoms with Gasteiger partial charge >= 0.3 is 5.97 Å². The van der Waals surface area contributed by atoms with Gasteiger partial charge in [-0.25, -0.2) is 9.37 Å². The van der Waals surface area contributed by atoms with Crippen LogP contribution in [0.15, 0.2) is 96.1 Å². The maximum atomic E-state index is 14.5. The lowest BCUT2D eigenvalue weighted by Gasteiger charge is -2.35. The highest BCUT2D eigenvalue weighted by molar-refractivity contribution is 7.35. The number of azide groups is 1. The summed E-state index contributed by atoms with van der Waals surface area (Å²) in [6.45, 7) is 5.03. The van der Waals surface area contributed by atoms with E-state index in [4.69, 9.17) is 9.47 Å². The Labute approximate surface area is 456 Å². The van der Waals surface area contributed by atoms with E-state index in [1.165, 1.54) is 33.3 Å². The summed E-state index contributed by atoms with van der Waals surface area (Å²) in [7, 11) is 4.11. The number of carboxylic acids is 1. The van der Waals surface area contributed by atoms with Gasteiger partial charge in [0, 0.05) is 120 Å². The molecule has 0 saturated heterocycles. The van der Waals surface area contributed by atoms with Crippen LogP contribution in [0.5, 0.6) is 17.2 Å². The fourth-order valence-corrected chi connectivity index (χ4v) is 12.5. The minimum absolute atomic E-state index is 0.0628. The highest BCUT2D eigenvalue weighted by Gasteiger charge is 2.36. The normalized spacial score (nSPS) is 15.5. The first-order chi connectivity index (χ1) is 38.0. The van der Waals surface area contributed by atoms with E-state index in [2.05, 4.69) is 57.7 Å². The summed E-state index contributed by atoms with van der Waals surface area (Å²) in [4.78, 5) is 49.4. The molecule has 5 heterocycles. The van der Waals surface area contributed by atoms with Gasteiger partial charge in [0.1, 0.15) is 49.5 Å². The maximum Gasteiger partial charge on any atom is 0.336 e. The van der Waals surface area contributed by atoms with Crippen molar-refractivity contribution in [3.63, 3.8) is 0 Å². The number of aromatic carboxylic acids is 1. The van der Waals surface area contributed by atoms with Gasteiger partial charge in [0.05, 0.1) is 26.6 Å². The zero-order valence-electron chi connectivity index (χ0n) is 44.8. The second-order valence-electron chi connectivity index (χ2n) is 21.8. The van der Waals surface area contributed by atoms with Crippen LogP contribution in [0.4, 0.5) is 11.4 Å². The van der Waals surface area contributed by atoms with Crippen LogP contribution in [0.25, 0.3) is 26.8 Å². The minimum atomic E-state index is -1.09. The van der Waals surface area contributed by atoms with E-state index < -0.39 is 18.0 Å². The zero-order chi connectivity index (χ0) is 53.9. The summed E-state index contributed by atoms with van der Waals surface area (Å²) in [5.74, 6) is 0.589. The van der Waals surface area contributed by atoms with Crippen molar-refractivity contribution in [1.29, 1.82) is 0 Å². The number of nitrogens with one attached hydrogen (secondary N) is 2. The molecule has 0 aromatic heterocycles. The van der Waals surface area contributed by atoms with Crippen LogP contribution in [0, 0.1) is 0 Å². The standard InChI is InChI=1S/C60H65B3N8O7/c61-63(62)42-20-18-41(51(33-42)67-68-64)35-71(53(73)22-23-65-34-43(72)36-77-52-17-7-13-37-10-1-2-14-44(37)52)29-24-66-59(74)40-19-21-45(60(75)76)48(32-40)54-49-30-38-11-3-5-25-69-27-8-15-46(55(38)69)57(49)78-58-47-16-9-28-70-26-6-4-12-39(56(47)70)31-50(54)58/h1-2,7,10,13-14,17-21,30-33,43,65,72H,3-6,8-9,11-12,15-16,22-29,34-36,61-62H2,(H-,66,74,75,76)/p+1/t43-/m0/s1. The molecular formula is C60H66B3N8O7+. The van der Waals surface area contributed by atoms with Gasteiger partial charge < -0.3 is 40.1 Å². The van der Waals surface area contributed by atoms with Gasteiger partial charge in [-0.2, -0.15) is 0 Å². The van der Waals surface area contributed by atoms with Crippen LogP contribution in [0.1, 0.15) is 105 Å². The van der Waals surface area contributed by atoms with Crippen molar-refractivity contribution in [2.75, 3.05) is 63.9 Å².